The second kappa shape index (κ2) is 12.6. The number of aromatic nitrogens is 1. The van der Waals surface area contributed by atoms with Gasteiger partial charge in [-0.25, -0.2) is 4.98 Å². The highest BCUT2D eigenvalue weighted by atomic mass is 15.2. The lowest BCUT2D eigenvalue weighted by Gasteiger charge is -2.30. The van der Waals surface area contributed by atoms with Crippen molar-refractivity contribution in [1.82, 2.24) is 4.98 Å². The maximum Gasteiger partial charge on any atom is 0.137 e. The van der Waals surface area contributed by atoms with Crippen molar-refractivity contribution in [2.24, 2.45) is 0 Å². The van der Waals surface area contributed by atoms with E-state index < -0.39 is 0 Å². The molecule has 1 aliphatic heterocycles. The molecule has 52 heavy (non-hydrogen) atoms. The largest absolute Gasteiger partial charge is 0.318 e. The Hall–Kier alpha value is -6.71. The summed E-state index contributed by atoms with van der Waals surface area (Å²) in [5, 5.41) is 5.09. The number of pyridine rings is 1. The first-order valence-electron chi connectivity index (χ1n) is 18.0. The molecule has 7 aromatic carbocycles. The summed E-state index contributed by atoms with van der Waals surface area (Å²) in [6.07, 6.45) is 9.14. The summed E-state index contributed by atoms with van der Waals surface area (Å²) < 4.78 is 0. The van der Waals surface area contributed by atoms with Crippen molar-refractivity contribution in [3.05, 3.63) is 211 Å². The Morgan fingerprint density at radius 3 is 1.60 bits per heavy atom. The second-order valence-corrected chi connectivity index (χ2v) is 13.5. The molecule has 2 unspecified atom stereocenters. The molecule has 0 fully saturated rings. The highest BCUT2D eigenvalue weighted by Crippen LogP contribution is 2.50. The third-order valence-electron chi connectivity index (χ3n) is 10.6. The molecule has 3 nitrogen and oxygen atoms in total. The van der Waals surface area contributed by atoms with Crippen LogP contribution in [-0.2, 0) is 0 Å². The van der Waals surface area contributed by atoms with Crippen LogP contribution in [0.3, 0.4) is 0 Å². The maximum atomic E-state index is 4.99. The van der Waals surface area contributed by atoms with Crippen LogP contribution in [0.1, 0.15) is 17.0 Å². The lowest BCUT2D eigenvalue weighted by molar-refractivity contribution is 0.746. The van der Waals surface area contributed by atoms with Crippen LogP contribution in [0.15, 0.2) is 200 Å². The van der Waals surface area contributed by atoms with Crippen molar-refractivity contribution in [1.29, 1.82) is 0 Å². The molecule has 0 saturated heterocycles. The summed E-state index contributed by atoms with van der Waals surface area (Å²) >= 11 is 0. The van der Waals surface area contributed by atoms with Gasteiger partial charge in [-0.1, -0.05) is 140 Å². The zero-order valence-corrected chi connectivity index (χ0v) is 28.5. The molecule has 2 atom stereocenters. The average molecular weight is 666 g/mol. The predicted octanol–water partition coefficient (Wildman–Crippen LogP) is 12.8. The minimum Gasteiger partial charge on any atom is -0.318 e. The van der Waals surface area contributed by atoms with E-state index in [0.717, 1.165) is 28.6 Å². The summed E-state index contributed by atoms with van der Waals surface area (Å²) in [5.41, 5.74) is 10.8. The molecule has 1 aromatic heterocycles. The number of anilines is 5. The molecule has 1 aliphatic carbocycles. The number of hydrogen-bond acceptors (Lipinski definition) is 3. The van der Waals surface area contributed by atoms with Gasteiger partial charge in [0, 0.05) is 40.4 Å². The molecular weight excluding hydrogens is 631 g/mol. The zero-order chi connectivity index (χ0) is 34.4. The van der Waals surface area contributed by atoms with E-state index in [1.165, 1.54) is 49.4 Å². The molecule has 0 amide bonds. The first-order chi connectivity index (χ1) is 25.8. The fourth-order valence-electron chi connectivity index (χ4n) is 8.38. The van der Waals surface area contributed by atoms with E-state index in [9.17, 15) is 0 Å². The van der Waals surface area contributed by atoms with E-state index in [2.05, 4.69) is 204 Å². The van der Waals surface area contributed by atoms with Crippen molar-refractivity contribution in [3.63, 3.8) is 0 Å². The zero-order valence-electron chi connectivity index (χ0n) is 28.5. The summed E-state index contributed by atoms with van der Waals surface area (Å²) in [7, 11) is 0. The van der Waals surface area contributed by atoms with Gasteiger partial charge in [-0.15, -0.1) is 0 Å². The number of benzene rings is 7. The molecule has 0 N–H and O–H groups in total. The van der Waals surface area contributed by atoms with E-state index in [-0.39, 0.29) is 12.0 Å². The predicted molar refractivity (Wildman–Crippen MR) is 218 cm³/mol. The SMILES string of the molecule is C1=CC2C(C=C1c1c3ccccc3c(-c3ccccc3)c3ccccc13)c1cccnc1N2c1ccc(N(c2ccccc2)c2ccccc2)cc1. The van der Waals surface area contributed by atoms with E-state index in [1.54, 1.807) is 0 Å². The Bertz CT molecular complexity index is 2530. The quantitative estimate of drug-likeness (QED) is 0.165. The van der Waals surface area contributed by atoms with Crippen molar-refractivity contribution in [3.8, 4) is 11.1 Å². The van der Waals surface area contributed by atoms with Gasteiger partial charge < -0.3 is 9.80 Å². The van der Waals surface area contributed by atoms with Crippen molar-refractivity contribution >= 4 is 55.7 Å². The standard InChI is InChI=1S/C49H35N3/c1-4-15-34(16-5-1)47-40-21-10-12-23-42(40)48(43-24-13-11-22-41(43)47)35-26-31-46-45(33-35)44-25-14-32-50-49(44)52(46)39-29-27-38(28-30-39)51(36-17-6-2-7-18-36)37-19-8-3-9-20-37/h1-33,45-46H. The molecular formula is C49H35N3. The van der Waals surface area contributed by atoms with Crippen molar-refractivity contribution in [2.45, 2.75) is 12.0 Å². The number of fused-ring (bicyclic) bond motifs is 5. The van der Waals surface area contributed by atoms with Gasteiger partial charge in [-0.05, 0) is 98.4 Å². The van der Waals surface area contributed by atoms with Crippen LogP contribution >= 0.6 is 0 Å². The van der Waals surface area contributed by atoms with Crippen LogP contribution in [0.4, 0.5) is 28.6 Å². The third-order valence-corrected chi connectivity index (χ3v) is 10.6. The van der Waals surface area contributed by atoms with Gasteiger partial charge >= 0.3 is 0 Å². The molecule has 2 aliphatic rings. The molecule has 0 radical (unpaired) electrons. The van der Waals surface area contributed by atoms with Crippen LogP contribution < -0.4 is 9.80 Å². The van der Waals surface area contributed by atoms with Crippen LogP contribution in [0.5, 0.6) is 0 Å². The Kier molecular flexibility index (Phi) is 7.28. The number of hydrogen-bond donors (Lipinski definition) is 0. The highest BCUT2D eigenvalue weighted by Gasteiger charge is 2.39. The first-order valence-corrected chi connectivity index (χ1v) is 18.0. The van der Waals surface area contributed by atoms with Gasteiger partial charge in [0.1, 0.15) is 5.82 Å². The summed E-state index contributed by atoms with van der Waals surface area (Å²) in [4.78, 5) is 9.71. The second-order valence-electron chi connectivity index (χ2n) is 13.5. The number of rotatable bonds is 6. The molecule has 0 bridgehead atoms. The fourth-order valence-corrected chi connectivity index (χ4v) is 8.38. The Balaban J connectivity index is 1.07. The minimum atomic E-state index is 0.111. The summed E-state index contributed by atoms with van der Waals surface area (Å²) in [6, 6.07) is 63.1. The molecule has 3 heteroatoms. The third kappa shape index (κ3) is 4.93. The van der Waals surface area contributed by atoms with E-state index in [4.69, 9.17) is 4.98 Å². The highest BCUT2D eigenvalue weighted by molar-refractivity contribution is 6.19. The molecule has 8 aromatic rings. The molecule has 0 saturated carbocycles. The maximum absolute atomic E-state index is 4.99. The van der Waals surface area contributed by atoms with Crippen LogP contribution in [0.25, 0.3) is 38.2 Å². The first kappa shape index (κ1) is 30.1. The van der Waals surface area contributed by atoms with E-state index >= 15 is 0 Å². The normalized spacial score (nSPS) is 16.1. The average Bonchev–Trinajstić information content (AvgIpc) is 3.55. The Labute approximate surface area is 304 Å². The van der Waals surface area contributed by atoms with E-state index in [0.29, 0.717) is 0 Å². The summed E-state index contributed by atoms with van der Waals surface area (Å²) in [5.74, 6) is 1.17. The van der Waals surface area contributed by atoms with Crippen LogP contribution in [0, 0.1) is 0 Å². The fraction of sp³-hybridized carbons (Fsp3) is 0.0408. The van der Waals surface area contributed by atoms with E-state index in [1.807, 2.05) is 6.20 Å². The van der Waals surface area contributed by atoms with Gasteiger partial charge in [-0.3, -0.25) is 0 Å². The van der Waals surface area contributed by atoms with Gasteiger partial charge in [0.05, 0.1) is 6.04 Å². The Morgan fingerprint density at radius 2 is 1.00 bits per heavy atom. The molecule has 2 heterocycles. The summed E-state index contributed by atoms with van der Waals surface area (Å²) in [6.45, 7) is 0. The smallest absolute Gasteiger partial charge is 0.137 e. The number of nitrogens with zero attached hydrogens (tertiary/aromatic N) is 3. The van der Waals surface area contributed by atoms with Gasteiger partial charge in [-0.2, -0.15) is 0 Å². The lowest BCUT2D eigenvalue weighted by Crippen LogP contribution is -2.29. The van der Waals surface area contributed by atoms with Gasteiger partial charge in [0.15, 0.2) is 0 Å². The monoisotopic (exact) mass is 665 g/mol. The Morgan fingerprint density at radius 1 is 0.481 bits per heavy atom. The van der Waals surface area contributed by atoms with Crippen LogP contribution in [-0.4, -0.2) is 11.0 Å². The molecule has 0 spiro atoms. The topological polar surface area (TPSA) is 19.4 Å². The minimum absolute atomic E-state index is 0.111. The van der Waals surface area contributed by atoms with Gasteiger partial charge in [0.2, 0.25) is 0 Å². The number of allylic oxidation sites excluding steroid dienone is 2. The van der Waals surface area contributed by atoms with Gasteiger partial charge in [0.25, 0.3) is 0 Å². The van der Waals surface area contributed by atoms with Crippen molar-refractivity contribution in [2.75, 3.05) is 9.80 Å². The number of para-hydroxylation sites is 2. The molecule has 10 rings (SSSR count). The molecule has 246 valence electrons. The lowest BCUT2D eigenvalue weighted by atomic mass is 9.81. The van der Waals surface area contributed by atoms with Crippen LogP contribution in [0.2, 0.25) is 0 Å². The van der Waals surface area contributed by atoms with Crippen molar-refractivity contribution < 1.29 is 0 Å².